The molecule has 3 rings (SSSR count). The molecular formula is C15H21NO. The maximum atomic E-state index is 11.6. The van der Waals surface area contributed by atoms with Crippen molar-refractivity contribution in [3.05, 3.63) is 24.0 Å². The summed E-state index contributed by atoms with van der Waals surface area (Å²) in [6.07, 6.45) is 10.5. The lowest BCUT2D eigenvalue weighted by Gasteiger charge is -2.21. The van der Waals surface area contributed by atoms with E-state index in [0.29, 0.717) is 6.42 Å². The lowest BCUT2D eigenvalue weighted by atomic mass is 9.89. The third kappa shape index (κ3) is 2.05. The van der Waals surface area contributed by atoms with Gasteiger partial charge in [-0.3, -0.25) is 4.79 Å². The molecule has 1 heterocycles. The minimum Gasteiger partial charge on any atom is -0.353 e. The van der Waals surface area contributed by atoms with E-state index in [1.807, 2.05) is 19.2 Å². The predicted octanol–water partition coefficient (Wildman–Crippen LogP) is 3.52. The van der Waals surface area contributed by atoms with Crippen molar-refractivity contribution in [2.45, 2.75) is 45.6 Å². The van der Waals surface area contributed by atoms with Gasteiger partial charge in [0.1, 0.15) is 0 Å². The summed E-state index contributed by atoms with van der Waals surface area (Å²) >= 11 is 0. The lowest BCUT2D eigenvalue weighted by Crippen LogP contribution is -2.16. The Balaban J connectivity index is 1.65. The number of carbonyl (C=O) groups excluding carboxylic acids is 1. The van der Waals surface area contributed by atoms with E-state index in [2.05, 4.69) is 10.8 Å². The van der Waals surface area contributed by atoms with Crippen LogP contribution in [0.15, 0.2) is 18.5 Å². The van der Waals surface area contributed by atoms with Crippen molar-refractivity contribution in [2.24, 2.45) is 17.8 Å². The number of Topliss-reactive ketones (excluding diaryl/α,β-unsaturated/α-hetero) is 1. The molecule has 2 aliphatic rings. The second kappa shape index (κ2) is 4.32. The normalized spacial score (nSPS) is 31.0. The third-order valence-electron chi connectivity index (χ3n) is 4.72. The number of carbonyl (C=O) groups is 1. The van der Waals surface area contributed by atoms with E-state index in [1.54, 1.807) is 0 Å². The number of rotatable bonds is 4. The maximum absolute atomic E-state index is 11.6. The van der Waals surface area contributed by atoms with Crippen molar-refractivity contribution < 1.29 is 4.79 Å². The summed E-state index contributed by atoms with van der Waals surface area (Å²) in [7, 11) is 0. The van der Waals surface area contributed by atoms with E-state index in [4.69, 9.17) is 0 Å². The highest BCUT2D eigenvalue weighted by Gasteiger charge is 2.39. The number of hydrogen-bond acceptors (Lipinski definition) is 1. The van der Waals surface area contributed by atoms with Crippen LogP contribution in [0, 0.1) is 17.8 Å². The molecule has 2 fully saturated rings. The van der Waals surface area contributed by atoms with E-state index >= 15 is 0 Å². The van der Waals surface area contributed by atoms with Crippen LogP contribution in [0.25, 0.3) is 0 Å². The number of fused-ring (bicyclic) bond motifs is 2. The molecule has 1 aromatic heterocycles. The first-order chi connectivity index (χ1) is 8.26. The molecule has 0 amide bonds. The minimum absolute atomic E-state index is 0.261. The Hall–Kier alpha value is -1.05. The number of hydrogen-bond donors (Lipinski definition) is 0. The molecule has 2 bridgehead atoms. The molecule has 17 heavy (non-hydrogen) atoms. The van der Waals surface area contributed by atoms with Gasteiger partial charge in [-0.1, -0.05) is 13.3 Å². The smallest absolute Gasteiger partial charge is 0.164 e. The summed E-state index contributed by atoms with van der Waals surface area (Å²) in [4.78, 5) is 11.6. The van der Waals surface area contributed by atoms with Crippen molar-refractivity contribution in [1.82, 2.24) is 4.57 Å². The highest BCUT2D eigenvalue weighted by molar-refractivity contribution is 5.95. The molecule has 3 atom stereocenters. The zero-order valence-electron chi connectivity index (χ0n) is 10.6. The van der Waals surface area contributed by atoms with Gasteiger partial charge in [-0.25, -0.2) is 0 Å². The van der Waals surface area contributed by atoms with Gasteiger partial charge < -0.3 is 4.57 Å². The largest absolute Gasteiger partial charge is 0.353 e. The fraction of sp³-hybridized carbons (Fsp3) is 0.667. The van der Waals surface area contributed by atoms with E-state index in [0.717, 1.165) is 29.9 Å². The van der Waals surface area contributed by atoms with E-state index < -0.39 is 0 Å². The van der Waals surface area contributed by atoms with Gasteiger partial charge >= 0.3 is 0 Å². The first kappa shape index (κ1) is 11.1. The Morgan fingerprint density at radius 1 is 1.41 bits per heavy atom. The van der Waals surface area contributed by atoms with Gasteiger partial charge in [0.05, 0.1) is 0 Å². The van der Waals surface area contributed by atoms with Crippen LogP contribution in [0.1, 0.15) is 49.4 Å². The molecule has 2 saturated carbocycles. The Bertz CT molecular complexity index is 420. The van der Waals surface area contributed by atoms with Gasteiger partial charge in [-0.15, -0.1) is 0 Å². The fourth-order valence-corrected chi connectivity index (χ4v) is 3.79. The summed E-state index contributed by atoms with van der Waals surface area (Å²) in [6.45, 7) is 3.05. The molecule has 0 aromatic carbocycles. The quantitative estimate of drug-likeness (QED) is 0.727. The van der Waals surface area contributed by atoms with Crippen molar-refractivity contribution in [2.75, 3.05) is 0 Å². The monoisotopic (exact) mass is 231 g/mol. The molecule has 2 aliphatic carbocycles. The number of nitrogens with zero attached hydrogens (tertiary/aromatic N) is 1. The van der Waals surface area contributed by atoms with Crippen LogP contribution in [-0.2, 0) is 6.54 Å². The molecule has 2 nitrogen and oxygen atoms in total. The van der Waals surface area contributed by atoms with Crippen molar-refractivity contribution in [3.8, 4) is 0 Å². The van der Waals surface area contributed by atoms with Gasteiger partial charge in [-0.2, -0.15) is 0 Å². The highest BCUT2D eigenvalue weighted by Crippen LogP contribution is 2.48. The van der Waals surface area contributed by atoms with Crippen molar-refractivity contribution >= 4 is 5.78 Å². The third-order valence-corrected chi connectivity index (χ3v) is 4.72. The molecular weight excluding hydrogens is 210 g/mol. The van der Waals surface area contributed by atoms with Crippen LogP contribution < -0.4 is 0 Å². The molecule has 2 heteroatoms. The summed E-state index contributed by atoms with van der Waals surface area (Å²) in [6, 6.07) is 1.97. The summed E-state index contributed by atoms with van der Waals surface area (Å²) in [5.41, 5.74) is 0.885. The molecule has 3 unspecified atom stereocenters. The average Bonchev–Trinajstić information content (AvgIpc) is 3.03. The zero-order valence-corrected chi connectivity index (χ0v) is 10.6. The van der Waals surface area contributed by atoms with Crippen LogP contribution in [-0.4, -0.2) is 10.4 Å². The predicted molar refractivity (Wildman–Crippen MR) is 68.0 cm³/mol. The fourth-order valence-electron chi connectivity index (χ4n) is 3.79. The molecule has 1 aromatic rings. The Morgan fingerprint density at radius 2 is 2.29 bits per heavy atom. The molecule has 92 valence electrons. The minimum atomic E-state index is 0.261. The van der Waals surface area contributed by atoms with E-state index in [1.165, 1.54) is 25.7 Å². The van der Waals surface area contributed by atoms with Crippen LogP contribution >= 0.6 is 0 Å². The Kier molecular flexibility index (Phi) is 2.81. The summed E-state index contributed by atoms with van der Waals surface area (Å²) < 4.78 is 2.23. The van der Waals surface area contributed by atoms with Gasteiger partial charge in [0.15, 0.2) is 5.78 Å². The van der Waals surface area contributed by atoms with Gasteiger partial charge in [0, 0.05) is 30.9 Å². The van der Waals surface area contributed by atoms with Crippen LogP contribution in [0.4, 0.5) is 0 Å². The van der Waals surface area contributed by atoms with Gasteiger partial charge in [0.25, 0.3) is 0 Å². The standard InChI is InChI=1S/C15H21NO/c1-2-15(17)13-5-6-16(9-13)10-14-8-11-3-4-12(14)7-11/h5-6,9,11-12,14H,2-4,7-8,10H2,1H3. The molecule has 0 saturated heterocycles. The highest BCUT2D eigenvalue weighted by atomic mass is 16.1. The van der Waals surface area contributed by atoms with Crippen LogP contribution in [0.2, 0.25) is 0 Å². The molecule has 0 radical (unpaired) electrons. The van der Waals surface area contributed by atoms with E-state index in [-0.39, 0.29) is 5.78 Å². The second-order valence-electron chi connectivity index (χ2n) is 5.81. The lowest BCUT2D eigenvalue weighted by molar-refractivity contribution is 0.0988. The van der Waals surface area contributed by atoms with Crippen molar-refractivity contribution in [1.29, 1.82) is 0 Å². The molecule has 0 N–H and O–H groups in total. The summed E-state index contributed by atoms with van der Waals surface area (Å²) in [5.74, 6) is 3.10. The molecule has 0 aliphatic heterocycles. The van der Waals surface area contributed by atoms with Crippen molar-refractivity contribution in [3.63, 3.8) is 0 Å². The SMILES string of the molecule is CCC(=O)c1ccn(CC2CC3CCC2C3)c1. The topological polar surface area (TPSA) is 22.0 Å². The van der Waals surface area contributed by atoms with Crippen LogP contribution in [0.5, 0.6) is 0 Å². The summed E-state index contributed by atoms with van der Waals surface area (Å²) in [5, 5.41) is 0. The molecule has 0 spiro atoms. The Morgan fingerprint density at radius 3 is 2.94 bits per heavy atom. The maximum Gasteiger partial charge on any atom is 0.164 e. The first-order valence-electron chi connectivity index (χ1n) is 6.95. The van der Waals surface area contributed by atoms with Gasteiger partial charge in [-0.05, 0) is 43.1 Å². The zero-order chi connectivity index (χ0) is 11.8. The number of ketones is 1. The number of aromatic nitrogens is 1. The Labute approximate surface area is 103 Å². The van der Waals surface area contributed by atoms with E-state index in [9.17, 15) is 4.79 Å². The van der Waals surface area contributed by atoms with Gasteiger partial charge in [0.2, 0.25) is 0 Å². The van der Waals surface area contributed by atoms with Crippen LogP contribution in [0.3, 0.4) is 0 Å². The average molecular weight is 231 g/mol. The first-order valence-corrected chi connectivity index (χ1v) is 6.95. The second-order valence-corrected chi connectivity index (χ2v) is 5.81.